The molecule has 1 heterocycles. The topological polar surface area (TPSA) is 115 Å². The van der Waals surface area contributed by atoms with Gasteiger partial charge in [-0.1, -0.05) is 50.3 Å². The van der Waals surface area contributed by atoms with Crippen LogP contribution in [-0.2, 0) is 9.59 Å². The number of aryl methyl sites for hydroxylation is 2. The molecule has 3 N–H and O–H groups in total. The maximum Gasteiger partial charge on any atom is 0.335 e. The number of carboxylic acid groups (broad SMARTS) is 1. The fourth-order valence-corrected chi connectivity index (χ4v) is 4.04. The number of benzene rings is 2. The molecule has 1 aliphatic heterocycles. The van der Waals surface area contributed by atoms with Crippen LogP contribution in [0.25, 0.3) is 5.57 Å². The molecule has 0 aromatic heterocycles. The minimum atomic E-state index is -1.60. The zero-order chi connectivity index (χ0) is 25.3. The second-order valence-electron chi connectivity index (χ2n) is 9.12. The van der Waals surface area contributed by atoms with Gasteiger partial charge in [0.15, 0.2) is 11.3 Å². The summed E-state index contributed by atoms with van der Waals surface area (Å²) >= 11 is 0. The molecule has 2 aromatic rings. The predicted molar refractivity (Wildman–Crippen MR) is 136 cm³/mol. The van der Waals surface area contributed by atoms with Crippen molar-refractivity contribution in [2.24, 2.45) is 16.1 Å². The highest BCUT2D eigenvalue weighted by molar-refractivity contribution is 6.71. The summed E-state index contributed by atoms with van der Waals surface area (Å²) in [7, 11) is 0. The zero-order valence-electron chi connectivity index (χ0n) is 20.1. The Labute approximate surface area is 204 Å². The summed E-state index contributed by atoms with van der Waals surface area (Å²) in [4.78, 5) is 25.7. The highest BCUT2D eigenvalue weighted by atomic mass is 16.4. The molecular formula is C27H28N4O4. The zero-order valence-corrected chi connectivity index (χ0v) is 20.1. The lowest BCUT2D eigenvalue weighted by Crippen LogP contribution is -2.50. The lowest BCUT2D eigenvalue weighted by atomic mass is 9.84. The first kappa shape index (κ1) is 23.9. The molecule has 180 valence electrons. The van der Waals surface area contributed by atoms with Gasteiger partial charge in [-0.2, -0.15) is 15.2 Å². The van der Waals surface area contributed by atoms with Gasteiger partial charge in [0.2, 0.25) is 0 Å². The monoisotopic (exact) mass is 472 g/mol. The third-order valence-corrected chi connectivity index (χ3v) is 6.27. The molecule has 1 aliphatic carbocycles. The van der Waals surface area contributed by atoms with Crippen LogP contribution in [0.5, 0.6) is 5.75 Å². The van der Waals surface area contributed by atoms with E-state index in [1.165, 1.54) is 11.1 Å². The number of phenols is 1. The molecular weight excluding hydrogens is 444 g/mol. The van der Waals surface area contributed by atoms with E-state index < -0.39 is 17.4 Å². The first-order chi connectivity index (χ1) is 16.6. The van der Waals surface area contributed by atoms with Crippen LogP contribution in [0, 0.1) is 19.8 Å². The minimum Gasteiger partial charge on any atom is -0.507 e. The van der Waals surface area contributed by atoms with E-state index in [1.807, 2.05) is 45.9 Å². The van der Waals surface area contributed by atoms with Crippen molar-refractivity contribution in [1.29, 1.82) is 0 Å². The fourth-order valence-electron chi connectivity index (χ4n) is 4.04. The van der Waals surface area contributed by atoms with Crippen molar-refractivity contribution in [1.82, 2.24) is 5.43 Å². The van der Waals surface area contributed by atoms with E-state index in [-0.39, 0.29) is 23.8 Å². The quantitative estimate of drug-likeness (QED) is 0.546. The van der Waals surface area contributed by atoms with E-state index >= 15 is 0 Å². The van der Waals surface area contributed by atoms with E-state index in [2.05, 4.69) is 15.6 Å². The second kappa shape index (κ2) is 9.21. The van der Waals surface area contributed by atoms with Crippen molar-refractivity contribution >= 4 is 34.6 Å². The van der Waals surface area contributed by atoms with Gasteiger partial charge in [-0.05, 0) is 60.7 Å². The molecule has 0 fully saturated rings. The summed E-state index contributed by atoms with van der Waals surface area (Å²) in [5.41, 5.74) is 5.62. The van der Waals surface area contributed by atoms with Gasteiger partial charge in [0.1, 0.15) is 5.75 Å². The molecule has 1 atom stereocenters. The average molecular weight is 473 g/mol. The van der Waals surface area contributed by atoms with E-state index in [0.717, 1.165) is 11.1 Å². The van der Waals surface area contributed by atoms with Gasteiger partial charge in [0.05, 0.1) is 11.4 Å². The molecule has 0 bridgehead atoms. The van der Waals surface area contributed by atoms with Crippen LogP contribution in [0.3, 0.4) is 0 Å². The highest BCUT2D eigenvalue weighted by Gasteiger charge is 2.41. The SMILES string of the molecule is Cc1ccc(N2N=C(C(C)C)C(=NNC3(C(=O)O)C=CC=C(c4ccccc4O)C3)C2=O)cc1C. The van der Waals surface area contributed by atoms with Gasteiger partial charge >= 0.3 is 11.9 Å². The number of carboxylic acids is 1. The van der Waals surface area contributed by atoms with Gasteiger partial charge < -0.3 is 10.2 Å². The Kier molecular flexibility index (Phi) is 6.30. The number of amides is 1. The lowest BCUT2D eigenvalue weighted by molar-refractivity contribution is -0.142. The van der Waals surface area contributed by atoms with Crippen LogP contribution in [0.1, 0.15) is 37.0 Å². The smallest absolute Gasteiger partial charge is 0.335 e. The van der Waals surface area contributed by atoms with Crippen LogP contribution in [0.4, 0.5) is 5.69 Å². The van der Waals surface area contributed by atoms with Crippen LogP contribution in [0.2, 0.25) is 0 Å². The van der Waals surface area contributed by atoms with Gasteiger partial charge in [-0.3, -0.25) is 10.2 Å². The number of carbonyl (C=O) groups excluding carboxylic acids is 1. The van der Waals surface area contributed by atoms with E-state index in [9.17, 15) is 19.8 Å². The summed E-state index contributed by atoms with van der Waals surface area (Å²) in [6, 6.07) is 12.4. The fraction of sp³-hybridized carbons (Fsp3) is 0.259. The number of anilines is 1. The maximum atomic E-state index is 13.3. The molecule has 2 aliphatic rings. The lowest BCUT2D eigenvalue weighted by Gasteiger charge is -2.29. The van der Waals surface area contributed by atoms with Crippen molar-refractivity contribution in [3.05, 3.63) is 77.4 Å². The molecule has 35 heavy (non-hydrogen) atoms. The largest absolute Gasteiger partial charge is 0.507 e. The first-order valence-corrected chi connectivity index (χ1v) is 11.4. The number of nitrogens with one attached hydrogen (secondary N) is 1. The van der Waals surface area contributed by atoms with Crippen molar-refractivity contribution in [3.63, 3.8) is 0 Å². The van der Waals surface area contributed by atoms with E-state index in [4.69, 9.17) is 0 Å². The predicted octanol–water partition coefficient (Wildman–Crippen LogP) is 4.18. The number of rotatable bonds is 6. The second-order valence-corrected chi connectivity index (χ2v) is 9.12. The molecule has 1 unspecified atom stereocenters. The molecule has 4 rings (SSSR count). The van der Waals surface area contributed by atoms with Crippen LogP contribution in [0.15, 0.2) is 70.9 Å². The van der Waals surface area contributed by atoms with E-state index in [1.54, 1.807) is 36.4 Å². The molecule has 2 aromatic carbocycles. The number of nitrogens with zero attached hydrogens (tertiary/aromatic N) is 3. The van der Waals surface area contributed by atoms with Crippen LogP contribution < -0.4 is 10.4 Å². The average Bonchev–Trinajstić information content (AvgIpc) is 3.16. The van der Waals surface area contributed by atoms with Crippen LogP contribution in [-0.4, -0.2) is 39.1 Å². The summed E-state index contributed by atoms with van der Waals surface area (Å²) in [5, 5.41) is 30.5. The summed E-state index contributed by atoms with van der Waals surface area (Å²) in [5.74, 6) is -1.64. The first-order valence-electron chi connectivity index (χ1n) is 11.4. The number of hydrogen-bond acceptors (Lipinski definition) is 6. The molecule has 8 nitrogen and oxygen atoms in total. The van der Waals surface area contributed by atoms with Gasteiger partial charge in [-0.25, -0.2) is 4.79 Å². The number of aromatic hydroxyl groups is 1. The Morgan fingerprint density at radius 1 is 1.17 bits per heavy atom. The summed E-state index contributed by atoms with van der Waals surface area (Å²) in [6.07, 6.45) is 4.89. The minimum absolute atomic E-state index is 0.0242. The Bertz CT molecular complexity index is 1320. The number of allylic oxidation sites excluding steroid dienone is 2. The number of para-hydroxylation sites is 1. The molecule has 1 amide bonds. The third-order valence-electron chi connectivity index (χ3n) is 6.27. The number of phenolic OH excluding ortho intramolecular Hbond substituents is 1. The maximum absolute atomic E-state index is 13.3. The van der Waals surface area contributed by atoms with E-state index in [0.29, 0.717) is 22.5 Å². The van der Waals surface area contributed by atoms with Gasteiger partial charge in [0, 0.05) is 12.0 Å². The van der Waals surface area contributed by atoms with Crippen LogP contribution >= 0.6 is 0 Å². The number of carbonyl (C=O) groups is 2. The Hall–Kier alpha value is -4.20. The summed E-state index contributed by atoms with van der Waals surface area (Å²) in [6.45, 7) is 7.76. The van der Waals surface area contributed by atoms with Crippen molar-refractivity contribution in [2.75, 3.05) is 5.01 Å². The number of hydrazone groups is 2. The molecule has 0 saturated heterocycles. The normalized spacial score (nSPS) is 20.9. The number of hydrogen-bond donors (Lipinski definition) is 3. The van der Waals surface area contributed by atoms with Gasteiger partial charge in [-0.15, -0.1) is 0 Å². The highest BCUT2D eigenvalue weighted by Crippen LogP contribution is 2.35. The summed E-state index contributed by atoms with van der Waals surface area (Å²) < 4.78 is 0. The Morgan fingerprint density at radius 2 is 1.91 bits per heavy atom. The van der Waals surface area contributed by atoms with Crippen molar-refractivity contribution < 1.29 is 19.8 Å². The molecule has 8 heteroatoms. The Morgan fingerprint density at radius 3 is 2.57 bits per heavy atom. The van der Waals surface area contributed by atoms with Crippen molar-refractivity contribution in [3.8, 4) is 5.75 Å². The van der Waals surface area contributed by atoms with Gasteiger partial charge in [0.25, 0.3) is 0 Å². The Balaban J connectivity index is 1.66. The molecule has 0 radical (unpaired) electrons. The molecule has 0 spiro atoms. The standard InChI is InChI=1S/C27H28N4O4/c1-16(2)23-24(25(33)31(29-23)20-12-11-17(3)18(4)14-20)28-30-27(26(34)35)13-7-8-19(15-27)21-9-5-6-10-22(21)32/h5-14,16,30,32H,15H2,1-4H3,(H,34,35). The van der Waals surface area contributed by atoms with Crippen molar-refractivity contribution in [2.45, 2.75) is 39.7 Å². The third kappa shape index (κ3) is 4.47. The number of aliphatic carboxylic acids is 1. The molecule has 0 saturated carbocycles.